The fourth-order valence-electron chi connectivity index (χ4n) is 4.26. The number of hydrogen-bond donors (Lipinski definition) is 1. The first-order valence-corrected chi connectivity index (χ1v) is 12.3. The van der Waals surface area contributed by atoms with Crippen LogP contribution in [0.4, 0.5) is 0 Å². The molecule has 1 aliphatic heterocycles. The lowest BCUT2D eigenvalue weighted by Crippen LogP contribution is -2.47. The Kier molecular flexibility index (Phi) is 8.14. The number of rotatable bonds is 10. The van der Waals surface area contributed by atoms with Gasteiger partial charge in [0.05, 0.1) is 11.6 Å². The van der Waals surface area contributed by atoms with E-state index in [1.165, 1.54) is 5.56 Å². The molecule has 1 saturated heterocycles. The second kappa shape index (κ2) is 11.3. The number of halogens is 1. The summed E-state index contributed by atoms with van der Waals surface area (Å²) in [6, 6.07) is 14.0. The average Bonchev–Trinajstić information content (AvgIpc) is 3.24. The molecule has 1 aliphatic rings. The molecule has 0 saturated carbocycles. The van der Waals surface area contributed by atoms with Crippen LogP contribution in [0.25, 0.3) is 0 Å². The molecular weight excluding hydrogens is 450 g/mol. The van der Waals surface area contributed by atoms with Gasteiger partial charge in [-0.2, -0.15) is 0 Å². The summed E-state index contributed by atoms with van der Waals surface area (Å²) in [7, 11) is 0. The van der Waals surface area contributed by atoms with Crippen LogP contribution in [0.15, 0.2) is 54.9 Å². The summed E-state index contributed by atoms with van der Waals surface area (Å²) in [6.45, 7) is 8.31. The van der Waals surface area contributed by atoms with E-state index in [0.717, 1.165) is 49.7 Å². The number of aromatic nitrogens is 2. The average molecular weight is 484 g/mol. The van der Waals surface area contributed by atoms with Crippen molar-refractivity contribution in [1.29, 1.82) is 0 Å². The van der Waals surface area contributed by atoms with E-state index in [1.54, 1.807) is 0 Å². The van der Waals surface area contributed by atoms with E-state index in [0.29, 0.717) is 30.2 Å². The molecule has 1 aromatic heterocycles. The Labute approximate surface area is 207 Å². The Balaban J connectivity index is 1.21. The first kappa shape index (κ1) is 24.6. The molecule has 3 aromatic rings. The standard InChI is InChI=1S/C27H34ClN3O3/c1-21-7-8-25(28)26(17-21)34-20-27(32)9-13-30(14-10-27)19-23-5-3-6-24(18-23)33-16-4-12-31-15-11-29-22(31)2/h3,5-8,11,15,17-18,32H,4,9-10,12-14,16,19-20H2,1-2H3. The quantitative estimate of drug-likeness (QED) is 0.410. The summed E-state index contributed by atoms with van der Waals surface area (Å²) in [4.78, 5) is 6.62. The van der Waals surface area contributed by atoms with Gasteiger partial charge in [0.1, 0.15) is 29.5 Å². The normalized spacial score (nSPS) is 15.9. The van der Waals surface area contributed by atoms with Crippen molar-refractivity contribution < 1.29 is 14.6 Å². The van der Waals surface area contributed by atoms with E-state index in [-0.39, 0.29) is 6.61 Å². The van der Waals surface area contributed by atoms with Crippen molar-refractivity contribution in [3.63, 3.8) is 0 Å². The SMILES string of the molecule is Cc1ccc(Cl)c(OCC2(O)CCN(Cc3cccc(OCCCn4ccnc4C)c3)CC2)c1. The molecule has 0 unspecified atom stereocenters. The zero-order valence-corrected chi connectivity index (χ0v) is 20.8. The van der Waals surface area contributed by atoms with Crippen molar-refractivity contribution in [2.24, 2.45) is 0 Å². The third kappa shape index (κ3) is 6.75. The van der Waals surface area contributed by atoms with Crippen LogP contribution >= 0.6 is 11.6 Å². The molecule has 4 rings (SSSR count). The van der Waals surface area contributed by atoms with Gasteiger partial charge in [0.15, 0.2) is 0 Å². The molecule has 0 spiro atoms. The van der Waals surface area contributed by atoms with Crippen molar-refractivity contribution >= 4 is 11.6 Å². The van der Waals surface area contributed by atoms with Crippen LogP contribution < -0.4 is 9.47 Å². The molecular formula is C27H34ClN3O3. The van der Waals surface area contributed by atoms with E-state index < -0.39 is 5.60 Å². The number of benzene rings is 2. The van der Waals surface area contributed by atoms with Crippen molar-refractivity contribution in [2.75, 3.05) is 26.3 Å². The summed E-state index contributed by atoms with van der Waals surface area (Å²) < 4.78 is 14.0. The third-order valence-electron chi connectivity index (χ3n) is 6.41. The minimum absolute atomic E-state index is 0.256. The molecule has 0 aliphatic carbocycles. The number of likely N-dealkylation sites (tertiary alicyclic amines) is 1. The van der Waals surface area contributed by atoms with Crippen LogP contribution in [-0.4, -0.2) is 51.5 Å². The Bertz CT molecular complexity index is 1080. The molecule has 6 nitrogen and oxygen atoms in total. The van der Waals surface area contributed by atoms with E-state index in [4.69, 9.17) is 21.1 Å². The molecule has 2 heterocycles. The zero-order valence-electron chi connectivity index (χ0n) is 20.0. The highest BCUT2D eigenvalue weighted by Gasteiger charge is 2.33. The van der Waals surface area contributed by atoms with E-state index in [9.17, 15) is 5.11 Å². The van der Waals surface area contributed by atoms with Gasteiger partial charge in [-0.3, -0.25) is 4.90 Å². The first-order valence-electron chi connectivity index (χ1n) is 11.9. The van der Waals surface area contributed by atoms with Crippen LogP contribution in [-0.2, 0) is 13.1 Å². The van der Waals surface area contributed by atoms with Gasteiger partial charge >= 0.3 is 0 Å². The summed E-state index contributed by atoms with van der Waals surface area (Å²) in [5.41, 5.74) is 1.47. The Morgan fingerprint density at radius 2 is 1.91 bits per heavy atom. The maximum atomic E-state index is 11.0. The van der Waals surface area contributed by atoms with Crippen LogP contribution in [0, 0.1) is 13.8 Å². The minimum Gasteiger partial charge on any atom is -0.494 e. The van der Waals surface area contributed by atoms with Gasteiger partial charge in [0.25, 0.3) is 0 Å². The predicted molar refractivity (Wildman–Crippen MR) is 135 cm³/mol. The predicted octanol–water partition coefficient (Wildman–Crippen LogP) is 5.03. The number of aryl methyl sites for hydroxylation is 3. The number of aliphatic hydroxyl groups is 1. The van der Waals surface area contributed by atoms with Gasteiger partial charge < -0.3 is 19.1 Å². The highest BCUT2D eigenvalue weighted by Crippen LogP contribution is 2.29. The van der Waals surface area contributed by atoms with Gasteiger partial charge in [-0.1, -0.05) is 29.8 Å². The van der Waals surface area contributed by atoms with Gasteiger partial charge in [-0.25, -0.2) is 4.98 Å². The van der Waals surface area contributed by atoms with E-state index in [1.807, 2.05) is 56.6 Å². The van der Waals surface area contributed by atoms with Gasteiger partial charge in [0.2, 0.25) is 0 Å². The minimum atomic E-state index is -0.831. The fourth-order valence-corrected chi connectivity index (χ4v) is 4.43. The van der Waals surface area contributed by atoms with Gasteiger partial charge in [-0.05, 0) is 68.5 Å². The van der Waals surface area contributed by atoms with Gasteiger partial charge in [0, 0.05) is 38.6 Å². The van der Waals surface area contributed by atoms with Crippen LogP contribution in [0.2, 0.25) is 5.02 Å². The molecule has 0 atom stereocenters. The summed E-state index contributed by atoms with van der Waals surface area (Å²) in [5.74, 6) is 2.56. The topological polar surface area (TPSA) is 59.8 Å². The van der Waals surface area contributed by atoms with E-state index >= 15 is 0 Å². The summed E-state index contributed by atoms with van der Waals surface area (Å²) >= 11 is 6.23. The lowest BCUT2D eigenvalue weighted by Gasteiger charge is -2.38. The fraction of sp³-hybridized carbons (Fsp3) is 0.444. The Hall–Kier alpha value is -2.54. The number of nitrogens with zero attached hydrogens (tertiary/aromatic N) is 3. The lowest BCUT2D eigenvalue weighted by molar-refractivity contribution is -0.0537. The number of hydrogen-bond acceptors (Lipinski definition) is 5. The van der Waals surface area contributed by atoms with Crippen LogP contribution in [0.3, 0.4) is 0 Å². The Morgan fingerprint density at radius 1 is 1.09 bits per heavy atom. The summed E-state index contributed by atoms with van der Waals surface area (Å²) in [5, 5.41) is 11.6. The van der Waals surface area contributed by atoms with Crippen molar-refractivity contribution in [3.05, 3.63) is 76.8 Å². The third-order valence-corrected chi connectivity index (χ3v) is 6.72. The van der Waals surface area contributed by atoms with E-state index in [2.05, 4.69) is 26.6 Å². The lowest BCUT2D eigenvalue weighted by atomic mass is 9.92. The largest absolute Gasteiger partial charge is 0.494 e. The monoisotopic (exact) mass is 483 g/mol. The second-order valence-corrected chi connectivity index (χ2v) is 9.65. The molecule has 0 bridgehead atoms. The van der Waals surface area contributed by atoms with Crippen molar-refractivity contribution in [3.8, 4) is 11.5 Å². The first-order chi connectivity index (χ1) is 16.4. The Morgan fingerprint density at radius 3 is 2.68 bits per heavy atom. The number of ether oxygens (including phenoxy) is 2. The molecule has 0 radical (unpaired) electrons. The van der Waals surface area contributed by atoms with Crippen LogP contribution in [0.1, 0.15) is 36.2 Å². The summed E-state index contributed by atoms with van der Waals surface area (Å²) in [6.07, 6.45) is 6.09. The number of imidazole rings is 1. The number of piperidine rings is 1. The maximum Gasteiger partial charge on any atom is 0.138 e. The smallest absolute Gasteiger partial charge is 0.138 e. The molecule has 7 heteroatoms. The maximum absolute atomic E-state index is 11.0. The molecule has 2 aromatic carbocycles. The van der Waals surface area contributed by atoms with Crippen molar-refractivity contribution in [1.82, 2.24) is 14.5 Å². The molecule has 182 valence electrons. The van der Waals surface area contributed by atoms with Gasteiger partial charge in [-0.15, -0.1) is 0 Å². The zero-order chi connectivity index (χ0) is 24.0. The van der Waals surface area contributed by atoms with Crippen LogP contribution in [0.5, 0.6) is 11.5 Å². The highest BCUT2D eigenvalue weighted by molar-refractivity contribution is 6.32. The van der Waals surface area contributed by atoms with Crippen molar-refractivity contribution in [2.45, 2.75) is 51.8 Å². The molecule has 1 fully saturated rings. The second-order valence-electron chi connectivity index (χ2n) is 9.24. The molecule has 1 N–H and O–H groups in total. The highest BCUT2D eigenvalue weighted by atomic mass is 35.5. The molecule has 0 amide bonds. The molecule has 34 heavy (non-hydrogen) atoms.